The topological polar surface area (TPSA) is 54.9 Å². The maximum atomic E-state index is 13.1. The molecule has 0 bridgehead atoms. The smallest absolute Gasteiger partial charge is 0.258 e. The molecule has 0 saturated carbocycles. The molecule has 1 heterocycles. The molecule has 4 rings (SSSR count). The number of aromatic nitrogens is 2. The third-order valence-electron chi connectivity index (χ3n) is 4.12. The van der Waals surface area contributed by atoms with E-state index in [2.05, 4.69) is 15.3 Å². The number of halogens is 1. The fourth-order valence-corrected chi connectivity index (χ4v) is 3.59. The summed E-state index contributed by atoms with van der Waals surface area (Å²) >= 11 is 1.58. The number of benzene rings is 3. The number of anilines is 1. The predicted octanol–water partition coefficient (Wildman–Crippen LogP) is 5.69. The van der Waals surface area contributed by atoms with E-state index >= 15 is 0 Å². The molecule has 6 heteroatoms. The molecule has 0 radical (unpaired) electrons. The first kappa shape index (κ1) is 18.8. The molecule has 3 aromatic carbocycles. The first-order valence-corrected chi connectivity index (χ1v) is 9.72. The average molecular weight is 401 g/mol. The van der Waals surface area contributed by atoms with Gasteiger partial charge in [0.15, 0.2) is 5.82 Å². The molecule has 1 N–H and O–H groups in total. The van der Waals surface area contributed by atoms with E-state index in [-0.39, 0.29) is 11.7 Å². The summed E-state index contributed by atoms with van der Waals surface area (Å²) in [5.41, 5.74) is 1.74. The van der Waals surface area contributed by atoms with E-state index in [1.807, 2.05) is 54.6 Å². The molecule has 1 amide bonds. The number of amides is 1. The van der Waals surface area contributed by atoms with Crippen LogP contribution >= 0.6 is 11.8 Å². The molecule has 0 spiro atoms. The quantitative estimate of drug-likeness (QED) is 0.467. The Labute approximate surface area is 171 Å². The van der Waals surface area contributed by atoms with E-state index in [9.17, 15) is 9.18 Å². The Morgan fingerprint density at radius 1 is 0.828 bits per heavy atom. The summed E-state index contributed by atoms with van der Waals surface area (Å²) in [5.74, 6) is -0.185. The van der Waals surface area contributed by atoms with Crippen molar-refractivity contribution in [3.05, 3.63) is 103 Å². The maximum absolute atomic E-state index is 13.1. The Hall–Kier alpha value is -3.51. The summed E-state index contributed by atoms with van der Waals surface area (Å²) in [7, 11) is 0. The Morgan fingerprint density at radius 2 is 1.48 bits per heavy atom. The molecule has 0 aliphatic rings. The van der Waals surface area contributed by atoms with Gasteiger partial charge >= 0.3 is 0 Å². The Kier molecular flexibility index (Phi) is 5.63. The van der Waals surface area contributed by atoms with Crippen molar-refractivity contribution in [1.29, 1.82) is 0 Å². The van der Waals surface area contributed by atoms with Crippen molar-refractivity contribution in [3.63, 3.8) is 0 Å². The van der Waals surface area contributed by atoms with Crippen LogP contribution in [0.5, 0.6) is 0 Å². The molecule has 0 unspecified atom stereocenters. The highest BCUT2D eigenvalue weighted by Gasteiger charge is 2.11. The minimum atomic E-state index is -0.322. The molecule has 1 aromatic heterocycles. The molecule has 0 saturated heterocycles. The van der Waals surface area contributed by atoms with Crippen LogP contribution in [-0.4, -0.2) is 15.9 Å². The molecule has 29 heavy (non-hydrogen) atoms. The minimum absolute atomic E-state index is 0.295. The van der Waals surface area contributed by atoms with Crippen molar-refractivity contribution < 1.29 is 9.18 Å². The second-order valence-corrected chi connectivity index (χ2v) is 7.28. The second-order valence-electron chi connectivity index (χ2n) is 6.17. The lowest BCUT2D eigenvalue weighted by atomic mass is 10.2. The lowest BCUT2D eigenvalue weighted by Crippen LogP contribution is -2.13. The summed E-state index contributed by atoms with van der Waals surface area (Å²) in [5, 5.41) is 2.92. The first-order chi connectivity index (χ1) is 14.2. The largest absolute Gasteiger partial charge is 0.321 e. The van der Waals surface area contributed by atoms with Gasteiger partial charge in [-0.1, -0.05) is 42.1 Å². The Morgan fingerprint density at radius 3 is 2.21 bits per heavy atom. The van der Waals surface area contributed by atoms with Gasteiger partial charge in [-0.2, -0.15) is 0 Å². The zero-order chi connectivity index (χ0) is 20.1. The average Bonchev–Trinajstić information content (AvgIpc) is 2.76. The summed E-state index contributed by atoms with van der Waals surface area (Å²) in [6.07, 6.45) is 2.93. The van der Waals surface area contributed by atoms with Gasteiger partial charge in [0.05, 0.1) is 11.3 Å². The van der Waals surface area contributed by atoms with E-state index < -0.39 is 0 Å². The third kappa shape index (κ3) is 4.67. The summed E-state index contributed by atoms with van der Waals surface area (Å²) < 4.78 is 13.1. The number of nitrogens with one attached hydrogen (secondary N) is 1. The Balaban J connectivity index is 1.50. The maximum Gasteiger partial charge on any atom is 0.258 e. The van der Waals surface area contributed by atoms with Crippen molar-refractivity contribution >= 4 is 23.4 Å². The number of carbonyl (C=O) groups is 1. The zero-order valence-electron chi connectivity index (χ0n) is 15.2. The number of hydrogen-bond donors (Lipinski definition) is 1. The predicted molar refractivity (Wildman–Crippen MR) is 112 cm³/mol. The van der Waals surface area contributed by atoms with Gasteiger partial charge < -0.3 is 5.32 Å². The highest BCUT2D eigenvalue weighted by atomic mass is 32.2. The lowest BCUT2D eigenvalue weighted by Gasteiger charge is -2.11. The van der Waals surface area contributed by atoms with Gasteiger partial charge in [-0.25, -0.2) is 14.4 Å². The molecule has 0 aliphatic heterocycles. The van der Waals surface area contributed by atoms with Crippen molar-refractivity contribution in [2.75, 3.05) is 5.32 Å². The van der Waals surface area contributed by atoms with Gasteiger partial charge in [-0.05, 0) is 48.5 Å². The Bertz CT molecular complexity index is 1120. The van der Waals surface area contributed by atoms with Crippen LogP contribution in [0, 0.1) is 5.82 Å². The van der Waals surface area contributed by atoms with E-state index in [1.165, 1.54) is 24.5 Å². The van der Waals surface area contributed by atoms with Crippen molar-refractivity contribution in [2.24, 2.45) is 0 Å². The fraction of sp³-hybridized carbons (Fsp3) is 0. The van der Waals surface area contributed by atoms with Gasteiger partial charge in [0.1, 0.15) is 5.82 Å². The van der Waals surface area contributed by atoms with Crippen LogP contribution < -0.4 is 5.32 Å². The van der Waals surface area contributed by atoms with E-state index in [4.69, 9.17) is 0 Å². The number of rotatable bonds is 5. The monoisotopic (exact) mass is 401 g/mol. The van der Waals surface area contributed by atoms with Crippen molar-refractivity contribution in [3.8, 4) is 11.4 Å². The van der Waals surface area contributed by atoms with Crippen molar-refractivity contribution in [2.45, 2.75) is 9.79 Å². The molecule has 142 valence electrons. The molecule has 0 fully saturated rings. The standard InChI is InChI=1S/C23H16FN3OS/c24-18-12-10-16(11-13-18)22-25-14-17(15-26-22)23(28)27-20-8-4-5-9-21(20)29-19-6-2-1-3-7-19/h1-15H,(H,27,28). The van der Waals surface area contributed by atoms with Gasteiger partial charge in [0.2, 0.25) is 0 Å². The van der Waals surface area contributed by atoms with Crippen molar-refractivity contribution in [1.82, 2.24) is 9.97 Å². The van der Waals surface area contributed by atoms with Crippen LogP contribution in [0.1, 0.15) is 10.4 Å². The molecule has 0 aliphatic carbocycles. The van der Waals surface area contributed by atoms with Gasteiger partial charge in [0.25, 0.3) is 5.91 Å². The number of para-hydroxylation sites is 1. The summed E-state index contributed by atoms with van der Waals surface area (Å²) in [4.78, 5) is 23.2. The van der Waals surface area contributed by atoms with Crippen LogP contribution in [0.3, 0.4) is 0 Å². The number of nitrogens with zero attached hydrogens (tertiary/aromatic N) is 2. The van der Waals surface area contributed by atoms with E-state index in [1.54, 1.807) is 23.9 Å². The van der Waals surface area contributed by atoms with Crippen LogP contribution in [0.25, 0.3) is 11.4 Å². The van der Waals surface area contributed by atoms with Gasteiger partial charge in [-0.15, -0.1) is 0 Å². The molecule has 0 atom stereocenters. The fourth-order valence-electron chi connectivity index (χ4n) is 2.66. The van der Waals surface area contributed by atoms with E-state index in [0.29, 0.717) is 22.6 Å². The third-order valence-corrected chi connectivity index (χ3v) is 5.21. The minimum Gasteiger partial charge on any atom is -0.321 e. The molecule has 4 nitrogen and oxygen atoms in total. The van der Waals surface area contributed by atoms with Crippen LogP contribution in [0.15, 0.2) is 101 Å². The summed E-state index contributed by atoms with van der Waals surface area (Å²) in [6.45, 7) is 0. The highest BCUT2D eigenvalue weighted by Crippen LogP contribution is 2.33. The first-order valence-electron chi connectivity index (χ1n) is 8.90. The number of carbonyl (C=O) groups excluding carboxylic acids is 1. The van der Waals surface area contributed by atoms with E-state index in [0.717, 1.165) is 9.79 Å². The normalized spacial score (nSPS) is 10.5. The number of hydrogen-bond acceptors (Lipinski definition) is 4. The molecular weight excluding hydrogens is 385 g/mol. The lowest BCUT2D eigenvalue weighted by molar-refractivity contribution is 0.102. The van der Waals surface area contributed by atoms with Gasteiger partial charge in [-0.3, -0.25) is 4.79 Å². The summed E-state index contributed by atoms with van der Waals surface area (Å²) in [6, 6.07) is 23.5. The molecular formula is C23H16FN3OS. The SMILES string of the molecule is O=C(Nc1ccccc1Sc1ccccc1)c1cnc(-c2ccc(F)cc2)nc1. The van der Waals surface area contributed by atoms with Crippen LogP contribution in [-0.2, 0) is 0 Å². The van der Waals surface area contributed by atoms with Crippen LogP contribution in [0.2, 0.25) is 0 Å². The van der Waals surface area contributed by atoms with Gasteiger partial charge in [0, 0.05) is 27.7 Å². The highest BCUT2D eigenvalue weighted by molar-refractivity contribution is 7.99. The molecule has 4 aromatic rings. The second kappa shape index (κ2) is 8.67. The zero-order valence-corrected chi connectivity index (χ0v) is 16.1. The van der Waals surface area contributed by atoms with Crippen LogP contribution in [0.4, 0.5) is 10.1 Å².